The molecule has 6 nitrogen and oxygen atoms in total. The quantitative estimate of drug-likeness (QED) is 0.0348. The molecule has 0 bridgehead atoms. The van der Waals surface area contributed by atoms with Crippen LogP contribution in [0, 0.1) is 11.8 Å². The summed E-state index contributed by atoms with van der Waals surface area (Å²) in [6.45, 7) is 11.4. The normalized spacial score (nSPS) is 12.5. The highest BCUT2D eigenvalue weighted by molar-refractivity contribution is 5.71. The Bertz CT molecular complexity index is 841. The van der Waals surface area contributed by atoms with Crippen LogP contribution in [0.5, 0.6) is 0 Å². The molecule has 2 atom stereocenters. The van der Waals surface area contributed by atoms with Gasteiger partial charge in [-0.25, -0.2) is 0 Å². The van der Waals surface area contributed by atoms with E-state index in [4.69, 9.17) is 14.2 Å². The zero-order chi connectivity index (χ0) is 40.5. The molecule has 6 heteroatoms. The predicted molar refractivity (Wildman–Crippen MR) is 233 cm³/mol. The number of carbonyl (C=O) groups excluding carboxylic acids is 3. The van der Waals surface area contributed by atoms with E-state index >= 15 is 0 Å². The van der Waals surface area contributed by atoms with E-state index in [2.05, 4.69) is 34.6 Å². The number of hydrogen-bond donors (Lipinski definition) is 0. The molecule has 0 heterocycles. The molecule has 0 radical (unpaired) electrons. The summed E-state index contributed by atoms with van der Waals surface area (Å²) < 4.78 is 16.7. The van der Waals surface area contributed by atoms with Crippen LogP contribution in [0.15, 0.2) is 0 Å². The molecule has 0 aromatic carbocycles. The highest BCUT2D eigenvalue weighted by Gasteiger charge is 2.19. The molecule has 0 aliphatic rings. The average Bonchev–Trinajstić information content (AvgIpc) is 3.17. The fraction of sp³-hybridized carbons (Fsp3) is 0.939. The summed E-state index contributed by atoms with van der Waals surface area (Å²) in [5.41, 5.74) is 0. The van der Waals surface area contributed by atoms with E-state index in [0.717, 1.165) is 69.6 Å². The van der Waals surface area contributed by atoms with Crippen LogP contribution >= 0.6 is 0 Å². The molecular weight excluding hydrogens is 685 g/mol. The maximum absolute atomic E-state index is 12.7. The third-order valence-electron chi connectivity index (χ3n) is 11.3. The molecule has 0 N–H and O–H groups in total. The molecule has 0 fully saturated rings. The van der Waals surface area contributed by atoms with Crippen molar-refractivity contribution < 1.29 is 28.6 Å². The molecule has 0 rings (SSSR count). The summed E-state index contributed by atoms with van der Waals surface area (Å²) >= 11 is 0. The highest BCUT2D eigenvalue weighted by Crippen LogP contribution is 2.17. The van der Waals surface area contributed by atoms with Gasteiger partial charge in [0.1, 0.15) is 13.2 Å². The van der Waals surface area contributed by atoms with Gasteiger partial charge >= 0.3 is 17.9 Å². The fourth-order valence-electron chi connectivity index (χ4n) is 7.25. The van der Waals surface area contributed by atoms with Crippen molar-refractivity contribution in [2.75, 3.05) is 13.2 Å². The Balaban J connectivity index is 4.31. The lowest BCUT2D eigenvalue weighted by Gasteiger charge is -2.18. The second-order valence-corrected chi connectivity index (χ2v) is 17.5. The number of unbranched alkanes of at least 4 members (excludes halogenated alkanes) is 27. The van der Waals surface area contributed by atoms with E-state index < -0.39 is 6.10 Å². The first-order valence-electron chi connectivity index (χ1n) is 24.3. The van der Waals surface area contributed by atoms with E-state index in [-0.39, 0.29) is 31.1 Å². The minimum Gasteiger partial charge on any atom is -0.462 e. The number of ether oxygens (including phenoxy) is 3. The maximum atomic E-state index is 12.7. The molecule has 0 spiro atoms. The van der Waals surface area contributed by atoms with Crippen LogP contribution in [-0.2, 0) is 28.6 Å². The second-order valence-electron chi connectivity index (χ2n) is 17.5. The van der Waals surface area contributed by atoms with Gasteiger partial charge in [0.2, 0.25) is 0 Å². The molecular formula is C49H94O6. The van der Waals surface area contributed by atoms with Gasteiger partial charge in [0.05, 0.1) is 0 Å². The van der Waals surface area contributed by atoms with E-state index in [1.807, 2.05) is 0 Å². The molecule has 0 aliphatic carbocycles. The first-order chi connectivity index (χ1) is 26.8. The summed E-state index contributed by atoms with van der Waals surface area (Å²) in [5.74, 6) is 0.834. The molecule has 0 saturated heterocycles. The van der Waals surface area contributed by atoms with Gasteiger partial charge in [-0.1, -0.05) is 227 Å². The summed E-state index contributed by atoms with van der Waals surface area (Å²) in [7, 11) is 0. The van der Waals surface area contributed by atoms with Gasteiger partial charge in [-0.15, -0.1) is 0 Å². The lowest BCUT2D eigenvalue weighted by molar-refractivity contribution is -0.167. The van der Waals surface area contributed by atoms with Gasteiger partial charge in [-0.3, -0.25) is 14.4 Å². The van der Waals surface area contributed by atoms with Crippen molar-refractivity contribution in [1.82, 2.24) is 0 Å². The molecule has 55 heavy (non-hydrogen) atoms. The summed E-state index contributed by atoms with van der Waals surface area (Å²) in [4.78, 5) is 37.8. The van der Waals surface area contributed by atoms with Crippen LogP contribution in [0.25, 0.3) is 0 Å². The average molecular weight is 779 g/mol. The standard InChI is InChI=1S/C49H94O6/c1-6-8-9-10-11-12-19-26-31-36-41-49(52)55-46(42-53-47(50)39-34-29-24-20-15-13-17-22-27-32-37-44(3)4)43-54-48(51)40-35-30-25-21-16-14-18-23-28-33-38-45(5)7-2/h44-46H,6-43H2,1-5H3/t45?,46-/m0/s1. The Hall–Kier alpha value is -1.59. The molecule has 0 saturated carbocycles. The van der Waals surface area contributed by atoms with Crippen molar-refractivity contribution in [2.24, 2.45) is 11.8 Å². The van der Waals surface area contributed by atoms with Crippen LogP contribution in [0.2, 0.25) is 0 Å². The first-order valence-corrected chi connectivity index (χ1v) is 24.3. The van der Waals surface area contributed by atoms with Crippen LogP contribution in [0.4, 0.5) is 0 Å². The van der Waals surface area contributed by atoms with Crippen molar-refractivity contribution in [3.63, 3.8) is 0 Å². The zero-order valence-corrected chi connectivity index (χ0v) is 37.6. The van der Waals surface area contributed by atoms with E-state index in [1.54, 1.807) is 0 Å². The van der Waals surface area contributed by atoms with Gasteiger partial charge in [-0.05, 0) is 31.1 Å². The van der Waals surface area contributed by atoms with Crippen molar-refractivity contribution in [3.05, 3.63) is 0 Å². The second kappa shape index (κ2) is 42.0. The summed E-state index contributed by atoms with van der Waals surface area (Å²) in [6.07, 6.45) is 40.8. The highest BCUT2D eigenvalue weighted by atomic mass is 16.6. The van der Waals surface area contributed by atoms with Crippen molar-refractivity contribution >= 4 is 17.9 Å². The van der Waals surface area contributed by atoms with E-state index in [9.17, 15) is 14.4 Å². The third-order valence-corrected chi connectivity index (χ3v) is 11.3. The number of esters is 3. The lowest BCUT2D eigenvalue weighted by atomic mass is 9.99. The summed E-state index contributed by atoms with van der Waals surface area (Å²) in [6, 6.07) is 0. The SMILES string of the molecule is CCCCCCCCCCCCC(=O)O[C@@H](COC(=O)CCCCCCCCCCCCC(C)C)COC(=O)CCCCCCCCCCCCC(C)CC. The van der Waals surface area contributed by atoms with Gasteiger partial charge < -0.3 is 14.2 Å². The Labute approximate surface area is 342 Å². The number of hydrogen-bond acceptors (Lipinski definition) is 6. The van der Waals surface area contributed by atoms with Gasteiger partial charge in [0, 0.05) is 19.3 Å². The minimum absolute atomic E-state index is 0.0645. The number of carbonyl (C=O) groups is 3. The molecule has 0 aromatic heterocycles. The van der Waals surface area contributed by atoms with Crippen LogP contribution in [-0.4, -0.2) is 37.2 Å². The fourth-order valence-corrected chi connectivity index (χ4v) is 7.25. The van der Waals surface area contributed by atoms with Gasteiger partial charge in [0.25, 0.3) is 0 Å². The zero-order valence-electron chi connectivity index (χ0n) is 37.6. The molecule has 0 aromatic rings. The Kier molecular flexibility index (Phi) is 40.8. The third kappa shape index (κ3) is 41.9. The minimum atomic E-state index is -0.760. The largest absolute Gasteiger partial charge is 0.462 e. The lowest BCUT2D eigenvalue weighted by Crippen LogP contribution is -2.30. The Morgan fingerprint density at radius 2 is 0.691 bits per heavy atom. The molecule has 0 amide bonds. The van der Waals surface area contributed by atoms with Crippen molar-refractivity contribution in [2.45, 2.75) is 272 Å². The molecule has 1 unspecified atom stereocenters. The van der Waals surface area contributed by atoms with E-state index in [0.29, 0.717) is 19.3 Å². The smallest absolute Gasteiger partial charge is 0.306 e. The summed E-state index contributed by atoms with van der Waals surface area (Å²) in [5, 5.41) is 0. The van der Waals surface area contributed by atoms with Gasteiger partial charge in [0.15, 0.2) is 6.10 Å². The van der Waals surface area contributed by atoms with Crippen molar-refractivity contribution in [3.8, 4) is 0 Å². The monoisotopic (exact) mass is 779 g/mol. The maximum Gasteiger partial charge on any atom is 0.306 e. The van der Waals surface area contributed by atoms with E-state index in [1.165, 1.54) is 154 Å². The Morgan fingerprint density at radius 3 is 1.04 bits per heavy atom. The van der Waals surface area contributed by atoms with Crippen molar-refractivity contribution in [1.29, 1.82) is 0 Å². The van der Waals surface area contributed by atoms with Gasteiger partial charge in [-0.2, -0.15) is 0 Å². The van der Waals surface area contributed by atoms with Crippen LogP contribution in [0.3, 0.4) is 0 Å². The van der Waals surface area contributed by atoms with Crippen LogP contribution < -0.4 is 0 Å². The Morgan fingerprint density at radius 1 is 0.382 bits per heavy atom. The topological polar surface area (TPSA) is 78.9 Å². The van der Waals surface area contributed by atoms with Crippen LogP contribution in [0.1, 0.15) is 266 Å². The molecule has 326 valence electrons. The number of rotatable bonds is 43. The molecule has 0 aliphatic heterocycles. The first kappa shape index (κ1) is 53.4. The predicted octanol–water partition coefficient (Wildman–Crippen LogP) is 15.4.